The van der Waals surface area contributed by atoms with Crippen molar-refractivity contribution in [2.75, 3.05) is 0 Å². The SMILES string of the molecule is O=C(NCc1ccc(Cl)cc1)NC1CCc2cn[nH]c2C1. The van der Waals surface area contributed by atoms with E-state index in [1.165, 1.54) is 5.56 Å². The number of rotatable bonds is 3. The third-order valence-corrected chi connectivity index (χ3v) is 3.97. The molecule has 0 saturated carbocycles. The molecule has 21 heavy (non-hydrogen) atoms. The van der Waals surface area contributed by atoms with E-state index in [0.717, 1.165) is 30.5 Å². The van der Waals surface area contributed by atoms with Gasteiger partial charge in [0.2, 0.25) is 0 Å². The maximum absolute atomic E-state index is 11.9. The number of aryl methyl sites for hydroxylation is 1. The van der Waals surface area contributed by atoms with Gasteiger partial charge in [-0.1, -0.05) is 23.7 Å². The third-order valence-electron chi connectivity index (χ3n) is 3.72. The van der Waals surface area contributed by atoms with Gasteiger partial charge in [0, 0.05) is 29.7 Å². The average molecular weight is 305 g/mol. The molecule has 0 saturated heterocycles. The summed E-state index contributed by atoms with van der Waals surface area (Å²) >= 11 is 5.83. The van der Waals surface area contributed by atoms with Crippen LogP contribution in [0.1, 0.15) is 23.2 Å². The van der Waals surface area contributed by atoms with Gasteiger partial charge in [-0.05, 0) is 36.1 Å². The Kier molecular flexibility index (Phi) is 4.10. The van der Waals surface area contributed by atoms with Crippen LogP contribution in [0.3, 0.4) is 0 Å². The first kappa shape index (κ1) is 13.9. The molecule has 0 bridgehead atoms. The van der Waals surface area contributed by atoms with Gasteiger partial charge in [0.25, 0.3) is 0 Å². The number of aromatic amines is 1. The largest absolute Gasteiger partial charge is 0.335 e. The Balaban J connectivity index is 1.47. The Labute approximate surface area is 128 Å². The minimum absolute atomic E-state index is 0.141. The lowest BCUT2D eigenvalue weighted by Crippen LogP contribution is -2.44. The molecule has 3 N–H and O–H groups in total. The summed E-state index contributed by atoms with van der Waals surface area (Å²) in [4.78, 5) is 11.9. The molecule has 1 heterocycles. The Bertz CT molecular complexity index is 623. The van der Waals surface area contributed by atoms with E-state index in [2.05, 4.69) is 20.8 Å². The van der Waals surface area contributed by atoms with Crippen LogP contribution in [-0.4, -0.2) is 22.3 Å². The fraction of sp³-hybridized carbons (Fsp3) is 0.333. The lowest BCUT2D eigenvalue weighted by molar-refractivity contribution is 0.235. The van der Waals surface area contributed by atoms with Crippen LogP contribution in [-0.2, 0) is 19.4 Å². The molecule has 2 aromatic rings. The third kappa shape index (κ3) is 3.55. The fourth-order valence-electron chi connectivity index (χ4n) is 2.55. The van der Waals surface area contributed by atoms with Crippen LogP contribution in [0, 0.1) is 0 Å². The zero-order valence-corrected chi connectivity index (χ0v) is 12.3. The number of amides is 2. The van der Waals surface area contributed by atoms with E-state index >= 15 is 0 Å². The van der Waals surface area contributed by atoms with Gasteiger partial charge >= 0.3 is 6.03 Å². The van der Waals surface area contributed by atoms with Gasteiger partial charge in [0.15, 0.2) is 0 Å². The summed E-state index contributed by atoms with van der Waals surface area (Å²) in [6.07, 6.45) is 4.57. The van der Waals surface area contributed by atoms with E-state index in [-0.39, 0.29) is 12.1 Å². The van der Waals surface area contributed by atoms with Crippen LogP contribution >= 0.6 is 11.6 Å². The highest BCUT2D eigenvalue weighted by Gasteiger charge is 2.21. The van der Waals surface area contributed by atoms with Gasteiger partial charge in [0.05, 0.1) is 6.20 Å². The quantitative estimate of drug-likeness (QED) is 0.815. The number of urea groups is 1. The molecule has 1 aliphatic carbocycles. The molecule has 1 atom stereocenters. The maximum atomic E-state index is 11.9. The van der Waals surface area contributed by atoms with E-state index < -0.39 is 0 Å². The summed E-state index contributed by atoms with van der Waals surface area (Å²) in [5.41, 5.74) is 3.41. The monoisotopic (exact) mass is 304 g/mol. The van der Waals surface area contributed by atoms with Crippen molar-refractivity contribution in [3.8, 4) is 0 Å². The minimum atomic E-state index is -0.141. The predicted octanol–water partition coefficient (Wildman–Crippen LogP) is 2.42. The molecule has 0 fully saturated rings. The average Bonchev–Trinajstić information content (AvgIpc) is 2.94. The van der Waals surface area contributed by atoms with Crippen molar-refractivity contribution >= 4 is 17.6 Å². The van der Waals surface area contributed by atoms with Crippen LogP contribution in [0.2, 0.25) is 5.02 Å². The van der Waals surface area contributed by atoms with Crippen LogP contribution < -0.4 is 10.6 Å². The number of carbonyl (C=O) groups excluding carboxylic acids is 1. The lowest BCUT2D eigenvalue weighted by atomic mass is 9.94. The molecule has 1 aromatic heterocycles. The molecule has 2 amide bonds. The fourth-order valence-corrected chi connectivity index (χ4v) is 2.68. The summed E-state index contributed by atoms with van der Waals surface area (Å²) in [5, 5.41) is 13.6. The Morgan fingerprint density at radius 3 is 3.00 bits per heavy atom. The van der Waals surface area contributed by atoms with Crippen LogP contribution in [0.5, 0.6) is 0 Å². The second-order valence-corrected chi connectivity index (χ2v) is 5.70. The highest BCUT2D eigenvalue weighted by Crippen LogP contribution is 2.18. The van der Waals surface area contributed by atoms with Crippen LogP contribution in [0.4, 0.5) is 4.79 Å². The van der Waals surface area contributed by atoms with Crippen molar-refractivity contribution in [3.05, 3.63) is 52.3 Å². The minimum Gasteiger partial charge on any atom is -0.335 e. The first-order valence-corrected chi connectivity index (χ1v) is 7.38. The van der Waals surface area contributed by atoms with E-state index in [1.54, 1.807) is 0 Å². The number of H-pyrrole nitrogens is 1. The normalized spacial score (nSPS) is 17.1. The maximum Gasteiger partial charge on any atom is 0.315 e. The molecule has 110 valence electrons. The summed E-state index contributed by atoms with van der Waals surface area (Å²) in [6, 6.07) is 7.45. The van der Waals surface area contributed by atoms with Crippen molar-refractivity contribution < 1.29 is 4.79 Å². The molecule has 1 aliphatic rings. The van der Waals surface area contributed by atoms with E-state index in [4.69, 9.17) is 11.6 Å². The number of fused-ring (bicyclic) bond motifs is 1. The van der Waals surface area contributed by atoms with Gasteiger partial charge in [-0.25, -0.2) is 4.79 Å². The Morgan fingerprint density at radius 2 is 2.19 bits per heavy atom. The summed E-state index contributed by atoms with van der Waals surface area (Å²) in [7, 11) is 0. The van der Waals surface area contributed by atoms with E-state index in [9.17, 15) is 4.79 Å². The van der Waals surface area contributed by atoms with Crippen molar-refractivity contribution in [2.24, 2.45) is 0 Å². The summed E-state index contributed by atoms with van der Waals surface area (Å²) in [6.45, 7) is 0.491. The second kappa shape index (κ2) is 6.18. The number of hydrogen-bond donors (Lipinski definition) is 3. The van der Waals surface area contributed by atoms with Gasteiger partial charge < -0.3 is 10.6 Å². The second-order valence-electron chi connectivity index (χ2n) is 5.27. The van der Waals surface area contributed by atoms with Crippen LogP contribution in [0.25, 0.3) is 0 Å². The number of halogens is 1. The van der Waals surface area contributed by atoms with E-state index in [0.29, 0.717) is 11.6 Å². The van der Waals surface area contributed by atoms with E-state index in [1.807, 2.05) is 30.5 Å². The standard InChI is InChI=1S/C15H17ClN4O/c16-12-4-1-10(2-5-12)8-17-15(21)19-13-6-3-11-9-18-20-14(11)7-13/h1-2,4-5,9,13H,3,6-8H2,(H,18,20)(H2,17,19,21). The molecular formula is C15H17ClN4O. The molecule has 1 unspecified atom stereocenters. The number of nitrogens with one attached hydrogen (secondary N) is 3. The zero-order valence-electron chi connectivity index (χ0n) is 11.5. The zero-order chi connectivity index (χ0) is 14.7. The van der Waals surface area contributed by atoms with Gasteiger partial charge in [0.1, 0.15) is 0 Å². The molecule has 0 aliphatic heterocycles. The predicted molar refractivity (Wildman–Crippen MR) is 81.2 cm³/mol. The van der Waals surface area contributed by atoms with Crippen molar-refractivity contribution in [1.82, 2.24) is 20.8 Å². The van der Waals surface area contributed by atoms with Gasteiger partial charge in [-0.2, -0.15) is 5.10 Å². The molecule has 5 nitrogen and oxygen atoms in total. The Morgan fingerprint density at radius 1 is 1.38 bits per heavy atom. The summed E-state index contributed by atoms with van der Waals surface area (Å²) in [5.74, 6) is 0. The van der Waals surface area contributed by atoms with Crippen molar-refractivity contribution in [1.29, 1.82) is 0 Å². The number of nitrogens with zero attached hydrogens (tertiary/aromatic N) is 1. The first-order chi connectivity index (χ1) is 10.2. The highest BCUT2D eigenvalue weighted by atomic mass is 35.5. The topological polar surface area (TPSA) is 69.8 Å². The number of carbonyl (C=O) groups is 1. The molecule has 0 radical (unpaired) electrons. The van der Waals surface area contributed by atoms with Gasteiger partial charge in [-0.15, -0.1) is 0 Å². The van der Waals surface area contributed by atoms with Gasteiger partial charge in [-0.3, -0.25) is 5.10 Å². The number of hydrogen-bond acceptors (Lipinski definition) is 2. The molecule has 6 heteroatoms. The first-order valence-electron chi connectivity index (χ1n) is 7.00. The van der Waals surface area contributed by atoms with Crippen LogP contribution in [0.15, 0.2) is 30.5 Å². The number of aromatic nitrogens is 2. The van der Waals surface area contributed by atoms with Crippen molar-refractivity contribution in [2.45, 2.75) is 31.8 Å². The molecule has 3 rings (SSSR count). The highest BCUT2D eigenvalue weighted by molar-refractivity contribution is 6.30. The molecular weight excluding hydrogens is 288 g/mol. The summed E-state index contributed by atoms with van der Waals surface area (Å²) < 4.78 is 0. The van der Waals surface area contributed by atoms with Crippen molar-refractivity contribution in [3.63, 3.8) is 0 Å². The Hall–Kier alpha value is -2.01. The smallest absolute Gasteiger partial charge is 0.315 e. The number of benzene rings is 1. The molecule has 0 spiro atoms. The molecule has 1 aromatic carbocycles. The lowest BCUT2D eigenvalue weighted by Gasteiger charge is -2.22.